The summed E-state index contributed by atoms with van der Waals surface area (Å²) in [5, 5.41) is 8.83. The minimum atomic E-state index is -0.874. The Morgan fingerprint density at radius 3 is 2.62 bits per heavy atom. The van der Waals surface area contributed by atoms with Gasteiger partial charge < -0.3 is 5.11 Å². The number of aromatic carboxylic acids is 1. The fourth-order valence-electron chi connectivity index (χ4n) is 1.25. The Morgan fingerprint density at radius 1 is 1.54 bits per heavy atom. The molecule has 0 aliphatic heterocycles. The van der Waals surface area contributed by atoms with E-state index in [1.54, 1.807) is 6.07 Å². The van der Waals surface area contributed by atoms with Gasteiger partial charge in [-0.15, -0.1) is 0 Å². The quantitative estimate of drug-likeness (QED) is 0.866. The van der Waals surface area contributed by atoms with E-state index in [1.807, 2.05) is 19.9 Å². The maximum absolute atomic E-state index is 10.8. The number of carboxylic acid groups (broad SMARTS) is 1. The molecule has 1 rings (SSSR count). The van der Waals surface area contributed by atoms with Crippen molar-refractivity contribution in [2.75, 3.05) is 0 Å². The fourth-order valence-corrected chi connectivity index (χ4v) is 1.87. The average molecular weight is 243 g/mol. The van der Waals surface area contributed by atoms with Crippen LogP contribution in [0, 0.1) is 6.92 Å². The number of benzene rings is 1. The summed E-state index contributed by atoms with van der Waals surface area (Å²) in [6.07, 6.45) is 0.904. The highest BCUT2D eigenvalue weighted by atomic mass is 79.9. The molecule has 0 aromatic heterocycles. The lowest BCUT2D eigenvalue weighted by atomic mass is 10.0. The van der Waals surface area contributed by atoms with E-state index in [4.69, 9.17) is 5.11 Å². The lowest BCUT2D eigenvalue weighted by Gasteiger charge is -2.07. The smallest absolute Gasteiger partial charge is 0.335 e. The summed E-state index contributed by atoms with van der Waals surface area (Å²) >= 11 is 3.40. The molecule has 0 aliphatic rings. The Hall–Kier alpha value is -0.830. The van der Waals surface area contributed by atoms with Crippen molar-refractivity contribution in [1.29, 1.82) is 0 Å². The van der Waals surface area contributed by atoms with Gasteiger partial charge in [0, 0.05) is 4.47 Å². The van der Waals surface area contributed by atoms with Crippen LogP contribution in [-0.4, -0.2) is 11.1 Å². The largest absolute Gasteiger partial charge is 0.478 e. The molecule has 0 saturated carbocycles. The zero-order valence-corrected chi connectivity index (χ0v) is 9.18. The first-order valence-corrected chi connectivity index (χ1v) is 4.88. The zero-order chi connectivity index (χ0) is 10.0. The number of aryl methyl sites for hydroxylation is 1. The Labute approximate surface area is 85.7 Å². The molecule has 0 saturated heterocycles. The highest BCUT2D eigenvalue weighted by molar-refractivity contribution is 9.10. The minimum Gasteiger partial charge on any atom is -0.478 e. The molecule has 0 fully saturated rings. The topological polar surface area (TPSA) is 37.3 Å². The second-order valence-corrected chi connectivity index (χ2v) is 3.66. The molecule has 0 unspecified atom stereocenters. The van der Waals surface area contributed by atoms with Crippen molar-refractivity contribution in [1.82, 2.24) is 0 Å². The van der Waals surface area contributed by atoms with Crippen molar-refractivity contribution in [3.63, 3.8) is 0 Å². The summed E-state index contributed by atoms with van der Waals surface area (Å²) in [5.41, 5.74) is 2.30. The van der Waals surface area contributed by atoms with E-state index in [-0.39, 0.29) is 0 Å². The zero-order valence-electron chi connectivity index (χ0n) is 7.60. The third-order valence-electron chi connectivity index (χ3n) is 2.08. The van der Waals surface area contributed by atoms with Crippen LogP contribution < -0.4 is 0 Å². The van der Waals surface area contributed by atoms with Crippen LogP contribution in [0.4, 0.5) is 0 Å². The Balaban J connectivity index is 3.31. The number of hydrogen-bond acceptors (Lipinski definition) is 1. The summed E-state index contributed by atoms with van der Waals surface area (Å²) < 4.78 is 0.912. The van der Waals surface area contributed by atoms with Crippen LogP contribution in [0.3, 0.4) is 0 Å². The van der Waals surface area contributed by atoms with E-state index in [2.05, 4.69) is 15.9 Å². The molecule has 2 nitrogen and oxygen atoms in total. The molecule has 1 aromatic rings. The lowest BCUT2D eigenvalue weighted by molar-refractivity contribution is 0.0696. The van der Waals surface area contributed by atoms with Crippen molar-refractivity contribution in [3.8, 4) is 0 Å². The van der Waals surface area contributed by atoms with Crippen LogP contribution in [0.5, 0.6) is 0 Å². The maximum atomic E-state index is 10.8. The van der Waals surface area contributed by atoms with Gasteiger partial charge in [-0.05, 0) is 30.5 Å². The van der Waals surface area contributed by atoms with Crippen LogP contribution in [-0.2, 0) is 6.42 Å². The lowest BCUT2D eigenvalue weighted by Crippen LogP contribution is -2.01. The van der Waals surface area contributed by atoms with Gasteiger partial charge in [0.1, 0.15) is 0 Å². The van der Waals surface area contributed by atoms with Gasteiger partial charge in [0.25, 0.3) is 0 Å². The fraction of sp³-hybridized carbons (Fsp3) is 0.300. The van der Waals surface area contributed by atoms with Crippen molar-refractivity contribution < 1.29 is 9.90 Å². The van der Waals surface area contributed by atoms with E-state index >= 15 is 0 Å². The minimum absolute atomic E-state index is 0.365. The molecular weight excluding hydrogens is 232 g/mol. The number of halogens is 1. The summed E-state index contributed by atoms with van der Waals surface area (Å²) in [6, 6.07) is 3.50. The normalized spacial score (nSPS) is 10.1. The first-order valence-electron chi connectivity index (χ1n) is 4.09. The Kier molecular flexibility index (Phi) is 3.09. The standard InChI is InChI=1S/C10H11BrO2/c1-3-7-4-5-8(10(12)13)6(2)9(7)11/h4-5H,3H2,1-2H3,(H,12,13). The van der Waals surface area contributed by atoms with Crippen LogP contribution in [0.15, 0.2) is 16.6 Å². The first kappa shape index (κ1) is 10.3. The molecule has 0 aliphatic carbocycles. The summed E-state index contributed by atoms with van der Waals surface area (Å²) in [6.45, 7) is 3.85. The van der Waals surface area contributed by atoms with Gasteiger partial charge in [0.05, 0.1) is 5.56 Å². The van der Waals surface area contributed by atoms with Gasteiger partial charge in [-0.3, -0.25) is 0 Å². The predicted octanol–water partition coefficient (Wildman–Crippen LogP) is 3.02. The van der Waals surface area contributed by atoms with Gasteiger partial charge >= 0.3 is 5.97 Å². The van der Waals surface area contributed by atoms with Crippen LogP contribution in [0.25, 0.3) is 0 Å². The van der Waals surface area contributed by atoms with Gasteiger partial charge in [0.15, 0.2) is 0 Å². The summed E-state index contributed by atoms with van der Waals surface area (Å²) in [4.78, 5) is 10.8. The van der Waals surface area contributed by atoms with Crippen molar-refractivity contribution in [3.05, 3.63) is 33.3 Å². The van der Waals surface area contributed by atoms with Crippen molar-refractivity contribution >= 4 is 21.9 Å². The molecular formula is C10H11BrO2. The van der Waals surface area contributed by atoms with Crippen LogP contribution >= 0.6 is 15.9 Å². The number of rotatable bonds is 2. The van der Waals surface area contributed by atoms with Crippen LogP contribution in [0.2, 0.25) is 0 Å². The number of hydrogen-bond donors (Lipinski definition) is 1. The second-order valence-electron chi connectivity index (χ2n) is 2.87. The highest BCUT2D eigenvalue weighted by Gasteiger charge is 2.11. The maximum Gasteiger partial charge on any atom is 0.335 e. The molecule has 0 radical (unpaired) electrons. The van der Waals surface area contributed by atoms with E-state index in [0.717, 1.165) is 22.0 Å². The average Bonchev–Trinajstić information content (AvgIpc) is 2.09. The molecule has 0 amide bonds. The van der Waals surface area contributed by atoms with Gasteiger partial charge in [-0.25, -0.2) is 4.79 Å². The SMILES string of the molecule is CCc1ccc(C(=O)O)c(C)c1Br. The molecule has 3 heteroatoms. The van der Waals surface area contributed by atoms with Crippen molar-refractivity contribution in [2.45, 2.75) is 20.3 Å². The van der Waals surface area contributed by atoms with Crippen LogP contribution in [0.1, 0.15) is 28.4 Å². The second kappa shape index (κ2) is 3.92. The molecule has 0 bridgehead atoms. The molecule has 70 valence electrons. The van der Waals surface area contributed by atoms with Gasteiger partial charge in [-0.1, -0.05) is 28.9 Å². The van der Waals surface area contributed by atoms with E-state index in [1.165, 1.54) is 0 Å². The predicted molar refractivity (Wildman–Crippen MR) is 55.2 cm³/mol. The third kappa shape index (κ3) is 1.91. The molecule has 13 heavy (non-hydrogen) atoms. The Morgan fingerprint density at radius 2 is 2.15 bits per heavy atom. The highest BCUT2D eigenvalue weighted by Crippen LogP contribution is 2.24. The monoisotopic (exact) mass is 242 g/mol. The molecule has 1 N–H and O–H groups in total. The number of carboxylic acids is 1. The Bertz CT molecular complexity index is 345. The summed E-state index contributed by atoms with van der Waals surface area (Å²) in [7, 11) is 0. The van der Waals surface area contributed by atoms with Gasteiger partial charge in [-0.2, -0.15) is 0 Å². The van der Waals surface area contributed by atoms with E-state index in [9.17, 15) is 4.79 Å². The third-order valence-corrected chi connectivity index (χ3v) is 3.18. The van der Waals surface area contributed by atoms with E-state index < -0.39 is 5.97 Å². The number of carbonyl (C=O) groups is 1. The van der Waals surface area contributed by atoms with E-state index in [0.29, 0.717) is 5.56 Å². The molecule has 1 aromatic carbocycles. The molecule has 0 heterocycles. The first-order chi connectivity index (χ1) is 6.07. The molecule has 0 spiro atoms. The van der Waals surface area contributed by atoms with Gasteiger partial charge in [0.2, 0.25) is 0 Å². The summed E-state index contributed by atoms with van der Waals surface area (Å²) in [5.74, 6) is -0.874. The van der Waals surface area contributed by atoms with Crippen molar-refractivity contribution in [2.24, 2.45) is 0 Å². The molecule has 0 atom stereocenters.